The molecule has 3 aromatic rings. The maximum atomic E-state index is 16.5. The highest BCUT2D eigenvalue weighted by molar-refractivity contribution is 7.99. The molecule has 0 amide bonds. The molecule has 3 heterocycles. The Morgan fingerprint density at radius 1 is 1.09 bits per heavy atom. The van der Waals surface area contributed by atoms with Gasteiger partial charge in [-0.2, -0.15) is 0 Å². The Morgan fingerprint density at radius 3 is 2.47 bits per heavy atom. The Morgan fingerprint density at radius 2 is 1.80 bits per heavy atom. The second kappa shape index (κ2) is 15.1. The zero-order chi connectivity index (χ0) is 32.0. The molecule has 1 aromatic heterocycles. The number of ether oxygens (including phenoxy) is 2. The van der Waals surface area contributed by atoms with Crippen LogP contribution in [0.3, 0.4) is 0 Å². The minimum atomic E-state index is -1.48. The van der Waals surface area contributed by atoms with Crippen LogP contribution < -0.4 is 4.74 Å². The van der Waals surface area contributed by atoms with Crippen LogP contribution in [-0.4, -0.2) is 84.7 Å². The van der Waals surface area contributed by atoms with Crippen molar-refractivity contribution in [2.24, 2.45) is 5.41 Å². The van der Waals surface area contributed by atoms with Crippen LogP contribution in [0.15, 0.2) is 41.4 Å². The fourth-order valence-electron chi connectivity index (χ4n) is 6.43. The molecule has 45 heavy (non-hydrogen) atoms. The van der Waals surface area contributed by atoms with Crippen LogP contribution in [0.4, 0.5) is 17.6 Å². The largest absolute Gasteiger partial charge is 0.497 e. The van der Waals surface area contributed by atoms with Crippen molar-refractivity contribution in [2.45, 2.75) is 49.7 Å². The van der Waals surface area contributed by atoms with E-state index in [1.807, 2.05) is 12.1 Å². The van der Waals surface area contributed by atoms with E-state index in [-0.39, 0.29) is 12.8 Å². The molecule has 0 aliphatic carbocycles. The first-order valence-electron chi connectivity index (χ1n) is 15.3. The van der Waals surface area contributed by atoms with Gasteiger partial charge in [0.15, 0.2) is 17.5 Å². The fraction of sp³-hybridized carbons (Fsp3) is 0.515. The minimum Gasteiger partial charge on any atom is -0.497 e. The predicted octanol–water partition coefficient (Wildman–Crippen LogP) is 6.63. The molecule has 2 aromatic carbocycles. The summed E-state index contributed by atoms with van der Waals surface area (Å²) >= 11 is 1.23. The van der Waals surface area contributed by atoms with Crippen molar-refractivity contribution in [3.8, 4) is 5.75 Å². The lowest BCUT2D eigenvalue weighted by Crippen LogP contribution is -2.42. The van der Waals surface area contributed by atoms with Crippen molar-refractivity contribution >= 4 is 28.6 Å². The average Bonchev–Trinajstić information content (AvgIpc) is 3.03. The molecule has 2 aliphatic rings. The number of rotatable bonds is 13. The van der Waals surface area contributed by atoms with E-state index in [2.05, 4.69) is 14.8 Å². The smallest absolute Gasteiger partial charge is 0.303 e. The van der Waals surface area contributed by atoms with Crippen LogP contribution in [-0.2, 0) is 16.1 Å². The fourth-order valence-corrected chi connectivity index (χ4v) is 7.39. The van der Waals surface area contributed by atoms with E-state index in [0.717, 1.165) is 30.8 Å². The number of hydrogen-bond donors (Lipinski definition) is 1. The molecule has 7 nitrogen and oxygen atoms in total. The number of halogens is 4. The number of pyridine rings is 1. The normalized spacial score (nSPS) is 18.2. The molecule has 12 heteroatoms. The summed E-state index contributed by atoms with van der Waals surface area (Å²) in [6.45, 7) is 5.19. The molecule has 5 rings (SSSR count). The number of carboxylic acid groups (broad SMARTS) is 1. The van der Waals surface area contributed by atoms with Gasteiger partial charge in [-0.3, -0.25) is 14.7 Å². The summed E-state index contributed by atoms with van der Waals surface area (Å²) in [5.74, 6) is -3.66. The zero-order valence-corrected chi connectivity index (χ0v) is 26.2. The van der Waals surface area contributed by atoms with Crippen LogP contribution in [0.2, 0.25) is 0 Å². The molecule has 0 bridgehead atoms. The van der Waals surface area contributed by atoms with Gasteiger partial charge in [-0.1, -0.05) is 0 Å². The highest BCUT2D eigenvalue weighted by Crippen LogP contribution is 2.43. The molecular formula is C33H39F4N3O4S. The summed E-state index contributed by atoms with van der Waals surface area (Å²) in [6, 6.07) is 7.42. The molecule has 2 fully saturated rings. The van der Waals surface area contributed by atoms with E-state index in [4.69, 9.17) is 9.47 Å². The van der Waals surface area contributed by atoms with Crippen LogP contribution in [0, 0.1) is 22.9 Å². The highest BCUT2D eigenvalue weighted by atomic mass is 32.2. The molecule has 2 aliphatic heterocycles. The number of piperidine rings is 1. The maximum Gasteiger partial charge on any atom is 0.303 e. The van der Waals surface area contributed by atoms with Crippen molar-refractivity contribution in [1.29, 1.82) is 0 Å². The van der Waals surface area contributed by atoms with Crippen LogP contribution in [0.5, 0.6) is 5.75 Å². The van der Waals surface area contributed by atoms with Gasteiger partial charge in [0.25, 0.3) is 0 Å². The predicted molar refractivity (Wildman–Crippen MR) is 165 cm³/mol. The van der Waals surface area contributed by atoms with Crippen LogP contribution in [0.25, 0.3) is 10.9 Å². The standard InChI is InChI=1S/C33H39F4N3O4S/c1-43-23-2-3-29-25(16-23)31(22(20-38-29)21-40-10-13-44-14-11-40)26(34)4-5-33(19-30(41)42)6-8-39(9-7-33)12-15-45-24-17-27(35)32(37)28(36)18-24/h2-3,16-18,20,26H,4-15,19,21H2,1H3,(H,41,42). The van der Waals surface area contributed by atoms with E-state index >= 15 is 4.39 Å². The van der Waals surface area contributed by atoms with Gasteiger partial charge in [0.1, 0.15) is 11.9 Å². The summed E-state index contributed by atoms with van der Waals surface area (Å²) < 4.78 is 67.8. The van der Waals surface area contributed by atoms with Gasteiger partial charge >= 0.3 is 5.97 Å². The summed E-state index contributed by atoms with van der Waals surface area (Å²) in [7, 11) is 1.57. The number of carboxylic acids is 1. The lowest BCUT2D eigenvalue weighted by Gasteiger charge is -2.41. The van der Waals surface area contributed by atoms with E-state index < -0.39 is 35.0 Å². The summed E-state index contributed by atoms with van der Waals surface area (Å²) in [5, 5.41) is 10.5. The Kier molecular flexibility index (Phi) is 11.2. The Bertz CT molecular complexity index is 1460. The lowest BCUT2D eigenvalue weighted by atomic mass is 9.71. The Balaban J connectivity index is 1.26. The van der Waals surface area contributed by atoms with Gasteiger partial charge in [0.05, 0.1) is 32.3 Å². The molecule has 244 valence electrons. The number of methoxy groups -OCH3 is 1. The van der Waals surface area contributed by atoms with Gasteiger partial charge in [0.2, 0.25) is 0 Å². The molecule has 0 spiro atoms. The number of fused-ring (bicyclic) bond motifs is 1. The molecule has 2 saturated heterocycles. The van der Waals surface area contributed by atoms with E-state index in [1.54, 1.807) is 19.4 Å². The van der Waals surface area contributed by atoms with Crippen LogP contribution >= 0.6 is 11.8 Å². The van der Waals surface area contributed by atoms with Gasteiger partial charge in [0, 0.05) is 54.0 Å². The third-order valence-electron chi connectivity index (χ3n) is 9.01. The number of aliphatic carboxylic acids is 1. The first-order chi connectivity index (χ1) is 21.7. The topological polar surface area (TPSA) is 75.1 Å². The number of hydrogen-bond acceptors (Lipinski definition) is 7. The Labute approximate surface area is 264 Å². The number of thioether (sulfide) groups is 1. The monoisotopic (exact) mass is 649 g/mol. The van der Waals surface area contributed by atoms with Crippen LogP contribution in [0.1, 0.15) is 49.4 Å². The third-order valence-corrected chi connectivity index (χ3v) is 9.97. The van der Waals surface area contributed by atoms with Crippen molar-refractivity contribution < 1.29 is 36.9 Å². The van der Waals surface area contributed by atoms with Crippen molar-refractivity contribution in [2.75, 3.05) is 58.8 Å². The number of alkyl halides is 1. The van der Waals surface area contributed by atoms with Gasteiger partial charge in [-0.25, -0.2) is 17.6 Å². The molecule has 1 atom stereocenters. The molecular weight excluding hydrogens is 610 g/mol. The minimum absolute atomic E-state index is 0.0397. The second-order valence-corrected chi connectivity index (χ2v) is 13.1. The van der Waals surface area contributed by atoms with E-state index in [0.29, 0.717) is 91.5 Å². The van der Waals surface area contributed by atoms with E-state index in [9.17, 15) is 23.1 Å². The first kappa shape index (κ1) is 33.4. The first-order valence-corrected chi connectivity index (χ1v) is 16.3. The van der Waals surface area contributed by atoms with Crippen molar-refractivity contribution in [1.82, 2.24) is 14.8 Å². The molecule has 1 unspecified atom stereocenters. The summed E-state index contributed by atoms with van der Waals surface area (Å²) in [5.41, 5.74) is 1.52. The summed E-state index contributed by atoms with van der Waals surface area (Å²) in [6.07, 6.45) is 2.19. The molecule has 0 saturated carbocycles. The van der Waals surface area contributed by atoms with Gasteiger partial charge in [-0.05, 0) is 80.1 Å². The number of nitrogens with zero attached hydrogens (tertiary/aromatic N) is 3. The maximum absolute atomic E-state index is 16.5. The van der Waals surface area contributed by atoms with Gasteiger partial charge in [-0.15, -0.1) is 11.8 Å². The SMILES string of the molecule is COc1ccc2ncc(CN3CCOCC3)c(C(F)CCC3(CC(=O)O)CCN(CCSc4cc(F)c(F)c(F)c4)CC3)c2c1. The quantitative estimate of drug-likeness (QED) is 0.126. The second-order valence-electron chi connectivity index (χ2n) is 11.9. The lowest BCUT2D eigenvalue weighted by molar-refractivity contribution is -0.141. The molecule has 1 N–H and O–H groups in total. The highest BCUT2D eigenvalue weighted by Gasteiger charge is 2.37. The number of carbonyl (C=O) groups is 1. The number of likely N-dealkylation sites (tertiary alicyclic amines) is 1. The zero-order valence-electron chi connectivity index (χ0n) is 25.4. The number of morpholine rings is 1. The molecule has 0 radical (unpaired) electrons. The third kappa shape index (κ3) is 8.46. The summed E-state index contributed by atoms with van der Waals surface area (Å²) in [4.78, 5) is 21.3. The Hall–Kier alpha value is -2.93. The number of benzene rings is 2. The average molecular weight is 650 g/mol. The number of aromatic nitrogens is 1. The van der Waals surface area contributed by atoms with Crippen molar-refractivity contribution in [3.05, 3.63) is 65.1 Å². The van der Waals surface area contributed by atoms with Crippen molar-refractivity contribution in [3.63, 3.8) is 0 Å². The van der Waals surface area contributed by atoms with E-state index in [1.165, 1.54) is 11.8 Å². The van der Waals surface area contributed by atoms with Gasteiger partial charge < -0.3 is 19.5 Å².